The van der Waals surface area contributed by atoms with E-state index in [2.05, 4.69) is 24.3 Å². The Morgan fingerprint density at radius 2 is 1.60 bits per heavy atom. The van der Waals surface area contributed by atoms with E-state index in [4.69, 9.17) is 4.74 Å². The Balaban J connectivity index is 1.76. The largest absolute Gasteiger partial charge is 0.497 e. The van der Waals surface area contributed by atoms with Crippen LogP contribution in [0.25, 0.3) is 0 Å². The number of rotatable bonds is 1. The SMILES string of the molecule is COc1ccc2c(c1)CC1(Cc3ccccc3C1)C2=O. The first-order valence-electron chi connectivity index (χ1n) is 7.00. The van der Waals surface area contributed by atoms with Gasteiger partial charge >= 0.3 is 0 Å². The van der Waals surface area contributed by atoms with Crippen molar-refractivity contribution >= 4 is 5.78 Å². The summed E-state index contributed by atoms with van der Waals surface area (Å²) in [5, 5.41) is 0. The van der Waals surface area contributed by atoms with Crippen LogP contribution in [0.5, 0.6) is 5.75 Å². The lowest BCUT2D eigenvalue weighted by atomic mass is 9.81. The molecule has 0 atom stereocenters. The summed E-state index contributed by atoms with van der Waals surface area (Å²) in [6, 6.07) is 14.3. The second-order valence-electron chi connectivity index (χ2n) is 5.93. The van der Waals surface area contributed by atoms with Gasteiger partial charge in [-0.25, -0.2) is 0 Å². The molecule has 0 saturated carbocycles. The summed E-state index contributed by atoms with van der Waals surface area (Å²) < 4.78 is 5.28. The van der Waals surface area contributed by atoms with E-state index in [0.29, 0.717) is 5.78 Å². The molecule has 2 aliphatic rings. The first kappa shape index (κ1) is 11.7. The number of carbonyl (C=O) groups is 1. The van der Waals surface area contributed by atoms with Gasteiger partial charge < -0.3 is 4.74 Å². The molecule has 2 aliphatic carbocycles. The van der Waals surface area contributed by atoms with E-state index in [-0.39, 0.29) is 5.41 Å². The summed E-state index contributed by atoms with van der Waals surface area (Å²) in [5.41, 5.74) is 4.46. The predicted molar refractivity (Wildman–Crippen MR) is 77.3 cm³/mol. The molecular weight excluding hydrogens is 248 g/mol. The highest BCUT2D eigenvalue weighted by Gasteiger charge is 2.48. The Kier molecular flexibility index (Phi) is 2.31. The maximum Gasteiger partial charge on any atom is 0.170 e. The molecule has 2 aromatic rings. The number of carbonyl (C=O) groups excluding carboxylic acids is 1. The third-order valence-corrected chi connectivity index (χ3v) is 4.74. The number of benzene rings is 2. The number of Topliss-reactive ketones (excluding diaryl/α,β-unsaturated/α-hetero) is 1. The van der Waals surface area contributed by atoms with Gasteiger partial charge in [-0.1, -0.05) is 24.3 Å². The average molecular weight is 264 g/mol. The third kappa shape index (κ3) is 1.48. The van der Waals surface area contributed by atoms with Crippen LogP contribution in [0, 0.1) is 5.41 Å². The standard InChI is InChI=1S/C18H16O2/c1-20-15-6-7-16-14(8-15)11-18(17(16)19)9-12-4-2-3-5-13(12)10-18/h2-8H,9-11H2,1H3. The number of hydrogen-bond acceptors (Lipinski definition) is 2. The Morgan fingerprint density at radius 1 is 0.950 bits per heavy atom. The fraction of sp³-hybridized carbons (Fsp3) is 0.278. The summed E-state index contributed by atoms with van der Waals surface area (Å²) in [7, 11) is 1.67. The Morgan fingerprint density at radius 3 is 2.25 bits per heavy atom. The zero-order valence-corrected chi connectivity index (χ0v) is 11.5. The molecule has 0 amide bonds. The summed E-state index contributed by atoms with van der Waals surface area (Å²) in [5.74, 6) is 1.15. The topological polar surface area (TPSA) is 26.3 Å². The van der Waals surface area contributed by atoms with Crippen LogP contribution in [0.15, 0.2) is 42.5 Å². The van der Waals surface area contributed by atoms with Crippen LogP contribution in [-0.2, 0) is 19.3 Å². The van der Waals surface area contributed by atoms with Crippen LogP contribution in [0.2, 0.25) is 0 Å². The Labute approximate surface area is 118 Å². The van der Waals surface area contributed by atoms with Crippen LogP contribution >= 0.6 is 0 Å². The van der Waals surface area contributed by atoms with Crippen LogP contribution in [0.3, 0.4) is 0 Å². The molecule has 0 radical (unpaired) electrons. The summed E-state index contributed by atoms with van der Waals surface area (Å²) in [6.07, 6.45) is 2.59. The summed E-state index contributed by atoms with van der Waals surface area (Å²) in [6.45, 7) is 0. The second kappa shape index (κ2) is 3.95. The summed E-state index contributed by atoms with van der Waals surface area (Å²) in [4.78, 5) is 12.8. The first-order chi connectivity index (χ1) is 9.72. The molecule has 4 rings (SSSR count). The Hall–Kier alpha value is -2.09. The van der Waals surface area contributed by atoms with E-state index in [9.17, 15) is 4.79 Å². The molecule has 2 heteroatoms. The van der Waals surface area contributed by atoms with E-state index in [1.807, 2.05) is 18.2 Å². The van der Waals surface area contributed by atoms with Gasteiger partial charge in [0.25, 0.3) is 0 Å². The van der Waals surface area contributed by atoms with Gasteiger partial charge in [0.1, 0.15) is 5.75 Å². The number of ether oxygens (including phenoxy) is 1. The van der Waals surface area contributed by atoms with Crippen molar-refractivity contribution in [3.8, 4) is 5.75 Å². The maximum absolute atomic E-state index is 12.8. The van der Waals surface area contributed by atoms with Crippen LogP contribution in [0.4, 0.5) is 0 Å². The highest BCUT2D eigenvalue weighted by molar-refractivity contribution is 6.05. The van der Waals surface area contributed by atoms with E-state index < -0.39 is 0 Å². The molecule has 0 saturated heterocycles. The van der Waals surface area contributed by atoms with Gasteiger partial charge in [0.2, 0.25) is 0 Å². The molecule has 2 nitrogen and oxygen atoms in total. The third-order valence-electron chi connectivity index (χ3n) is 4.74. The molecule has 0 fully saturated rings. The average Bonchev–Trinajstić information content (AvgIpc) is 2.97. The fourth-order valence-corrected chi connectivity index (χ4v) is 3.77. The highest BCUT2D eigenvalue weighted by Crippen LogP contribution is 2.47. The molecule has 0 bridgehead atoms. The van der Waals surface area contributed by atoms with Crippen molar-refractivity contribution in [1.29, 1.82) is 0 Å². The second-order valence-corrected chi connectivity index (χ2v) is 5.93. The van der Waals surface area contributed by atoms with Gasteiger partial charge in [-0.2, -0.15) is 0 Å². The van der Waals surface area contributed by atoms with E-state index in [0.717, 1.165) is 36.1 Å². The first-order valence-corrected chi connectivity index (χ1v) is 7.00. The smallest absolute Gasteiger partial charge is 0.170 e. The minimum atomic E-state index is -0.238. The van der Waals surface area contributed by atoms with E-state index >= 15 is 0 Å². The fourth-order valence-electron chi connectivity index (χ4n) is 3.77. The minimum Gasteiger partial charge on any atom is -0.497 e. The van der Waals surface area contributed by atoms with Crippen LogP contribution in [0.1, 0.15) is 27.0 Å². The zero-order valence-electron chi connectivity index (χ0n) is 11.5. The number of fused-ring (bicyclic) bond motifs is 2. The van der Waals surface area contributed by atoms with Crippen molar-refractivity contribution in [2.75, 3.05) is 7.11 Å². The monoisotopic (exact) mass is 264 g/mol. The van der Waals surface area contributed by atoms with Gasteiger partial charge in [-0.15, -0.1) is 0 Å². The van der Waals surface area contributed by atoms with Crippen molar-refractivity contribution in [1.82, 2.24) is 0 Å². The molecule has 0 aromatic heterocycles. The molecule has 0 unspecified atom stereocenters. The zero-order chi connectivity index (χ0) is 13.7. The normalized spacial score (nSPS) is 18.1. The molecule has 0 N–H and O–H groups in total. The molecule has 20 heavy (non-hydrogen) atoms. The molecular formula is C18H16O2. The van der Waals surface area contributed by atoms with Crippen molar-refractivity contribution < 1.29 is 9.53 Å². The lowest BCUT2D eigenvalue weighted by Gasteiger charge is -2.20. The maximum atomic E-state index is 12.8. The van der Waals surface area contributed by atoms with Gasteiger partial charge in [-0.3, -0.25) is 4.79 Å². The van der Waals surface area contributed by atoms with Crippen molar-refractivity contribution in [2.24, 2.45) is 5.41 Å². The minimum absolute atomic E-state index is 0.238. The van der Waals surface area contributed by atoms with Crippen LogP contribution < -0.4 is 4.74 Å². The van der Waals surface area contributed by atoms with Crippen molar-refractivity contribution in [2.45, 2.75) is 19.3 Å². The number of methoxy groups -OCH3 is 1. The lowest BCUT2D eigenvalue weighted by molar-refractivity contribution is 0.0831. The quantitative estimate of drug-likeness (QED) is 0.790. The van der Waals surface area contributed by atoms with Crippen molar-refractivity contribution in [3.63, 3.8) is 0 Å². The summed E-state index contributed by atoms with van der Waals surface area (Å²) >= 11 is 0. The number of ketones is 1. The molecule has 1 spiro atoms. The van der Waals surface area contributed by atoms with Crippen molar-refractivity contribution in [3.05, 3.63) is 64.7 Å². The van der Waals surface area contributed by atoms with Gasteiger partial charge in [-0.05, 0) is 54.2 Å². The van der Waals surface area contributed by atoms with E-state index in [1.165, 1.54) is 11.1 Å². The predicted octanol–water partition coefficient (Wildman–Crippen LogP) is 3.22. The van der Waals surface area contributed by atoms with Gasteiger partial charge in [0.05, 0.1) is 7.11 Å². The Bertz CT molecular complexity index is 690. The lowest BCUT2D eigenvalue weighted by Crippen LogP contribution is -2.28. The van der Waals surface area contributed by atoms with E-state index in [1.54, 1.807) is 7.11 Å². The number of hydrogen-bond donors (Lipinski definition) is 0. The van der Waals surface area contributed by atoms with Gasteiger partial charge in [0.15, 0.2) is 5.78 Å². The molecule has 2 aromatic carbocycles. The van der Waals surface area contributed by atoms with Crippen LogP contribution in [-0.4, -0.2) is 12.9 Å². The molecule has 100 valence electrons. The van der Waals surface area contributed by atoms with Gasteiger partial charge in [0, 0.05) is 11.0 Å². The highest BCUT2D eigenvalue weighted by atomic mass is 16.5. The molecule has 0 heterocycles. The molecule has 0 aliphatic heterocycles.